The minimum absolute atomic E-state index is 0.000775. The quantitative estimate of drug-likeness (QED) is 0.655. The molecule has 0 radical (unpaired) electrons. The van der Waals surface area contributed by atoms with Crippen LogP contribution < -0.4 is 10.5 Å². The van der Waals surface area contributed by atoms with E-state index in [1.165, 1.54) is 24.3 Å². The number of nitrogens with zero attached hydrogens (tertiary/aromatic N) is 1. The van der Waals surface area contributed by atoms with Crippen LogP contribution in [0.15, 0.2) is 42.5 Å². The Kier molecular flexibility index (Phi) is 4.84. The second kappa shape index (κ2) is 6.81. The van der Waals surface area contributed by atoms with Crippen LogP contribution in [0.2, 0.25) is 0 Å². The van der Waals surface area contributed by atoms with E-state index in [1.807, 2.05) is 0 Å². The maximum atomic E-state index is 13.4. The molecule has 2 rings (SSSR count). The topological polar surface area (TPSA) is 78.4 Å². The Labute approximate surface area is 121 Å². The van der Waals surface area contributed by atoms with E-state index in [-0.39, 0.29) is 12.3 Å². The van der Waals surface area contributed by atoms with Crippen molar-refractivity contribution in [2.45, 2.75) is 13.0 Å². The van der Waals surface area contributed by atoms with Crippen molar-refractivity contribution in [3.8, 4) is 5.75 Å². The van der Waals surface area contributed by atoms with Gasteiger partial charge in [-0.2, -0.15) is 0 Å². The number of nitro benzene ring substituents is 1. The molecule has 0 saturated heterocycles. The highest BCUT2D eigenvalue weighted by Gasteiger charge is 2.07. The first-order chi connectivity index (χ1) is 10.1. The molecule has 21 heavy (non-hydrogen) atoms. The van der Waals surface area contributed by atoms with Crippen molar-refractivity contribution in [1.29, 1.82) is 0 Å². The lowest BCUT2D eigenvalue weighted by Gasteiger charge is -2.08. The predicted octanol–water partition coefficient (Wildman–Crippen LogP) is 2.81. The molecule has 5 nitrogen and oxygen atoms in total. The Balaban J connectivity index is 2.09. The minimum Gasteiger partial charge on any atom is -0.489 e. The molecule has 0 amide bonds. The number of hydrogen-bond donors (Lipinski definition) is 1. The SMILES string of the molecule is NCCc1cc(F)cc(OCc2cccc([N+](=O)[O-])c2)c1. The zero-order valence-corrected chi connectivity index (χ0v) is 11.3. The smallest absolute Gasteiger partial charge is 0.269 e. The van der Waals surface area contributed by atoms with Gasteiger partial charge in [-0.1, -0.05) is 12.1 Å². The Hall–Kier alpha value is -2.47. The summed E-state index contributed by atoms with van der Waals surface area (Å²) in [5, 5.41) is 10.7. The lowest BCUT2D eigenvalue weighted by Crippen LogP contribution is -2.04. The van der Waals surface area contributed by atoms with Gasteiger partial charge in [0.15, 0.2) is 0 Å². The fourth-order valence-corrected chi connectivity index (χ4v) is 1.94. The zero-order valence-electron chi connectivity index (χ0n) is 11.3. The molecule has 0 atom stereocenters. The number of ether oxygens (including phenoxy) is 1. The van der Waals surface area contributed by atoms with E-state index in [0.717, 1.165) is 5.56 Å². The van der Waals surface area contributed by atoms with Gasteiger partial charge in [0.05, 0.1) is 4.92 Å². The summed E-state index contributed by atoms with van der Waals surface area (Å²) in [5.74, 6) is -0.0139. The summed E-state index contributed by atoms with van der Waals surface area (Å²) in [7, 11) is 0. The molecule has 0 bridgehead atoms. The van der Waals surface area contributed by atoms with Crippen LogP contribution in [0.5, 0.6) is 5.75 Å². The van der Waals surface area contributed by atoms with E-state index in [9.17, 15) is 14.5 Å². The second-order valence-corrected chi connectivity index (χ2v) is 4.55. The number of rotatable bonds is 6. The summed E-state index contributed by atoms with van der Waals surface area (Å²) in [6.07, 6.45) is 0.560. The first-order valence-corrected chi connectivity index (χ1v) is 6.44. The molecular formula is C15H15FN2O3. The third-order valence-electron chi connectivity index (χ3n) is 2.89. The van der Waals surface area contributed by atoms with E-state index in [0.29, 0.717) is 24.3 Å². The molecule has 0 aliphatic carbocycles. The average Bonchev–Trinajstić information content (AvgIpc) is 2.45. The second-order valence-electron chi connectivity index (χ2n) is 4.55. The van der Waals surface area contributed by atoms with Crippen LogP contribution in [0.1, 0.15) is 11.1 Å². The van der Waals surface area contributed by atoms with Crippen molar-refractivity contribution in [1.82, 2.24) is 0 Å². The van der Waals surface area contributed by atoms with Gasteiger partial charge in [-0.25, -0.2) is 4.39 Å². The van der Waals surface area contributed by atoms with Gasteiger partial charge >= 0.3 is 0 Å². The average molecular weight is 290 g/mol. The number of halogens is 1. The molecule has 0 aromatic heterocycles. The monoisotopic (exact) mass is 290 g/mol. The van der Waals surface area contributed by atoms with Crippen LogP contribution in [0.4, 0.5) is 10.1 Å². The molecule has 0 aliphatic rings. The van der Waals surface area contributed by atoms with E-state index < -0.39 is 10.7 Å². The molecule has 2 aromatic rings. The summed E-state index contributed by atoms with van der Waals surface area (Å²) in [4.78, 5) is 10.2. The van der Waals surface area contributed by atoms with Crippen molar-refractivity contribution in [2.24, 2.45) is 5.73 Å². The minimum atomic E-state index is -0.467. The Morgan fingerprint density at radius 1 is 1.19 bits per heavy atom. The fraction of sp³-hybridized carbons (Fsp3) is 0.200. The standard InChI is InChI=1S/C15H15FN2O3/c16-13-6-11(4-5-17)8-15(9-13)21-10-12-2-1-3-14(7-12)18(19)20/h1-3,6-9H,4-5,10,17H2. The van der Waals surface area contributed by atoms with Gasteiger partial charge < -0.3 is 10.5 Å². The van der Waals surface area contributed by atoms with Crippen molar-refractivity contribution < 1.29 is 14.1 Å². The number of nitro groups is 1. The summed E-state index contributed by atoms with van der Waals surface area (Å²) >= 11 is 0. The third-order valence-corrected chi connectivity index (χ3v) is 2.89. The van der Waals surface area contributed by atoms with Gasteiger partial charge in [0.1, 0.15) is 18.2 Å². The fourth-order valence-electron chi connectivity index (χ4n) is 1.94. The molecule has 6 heteroatoms. The number of benzene rings is 2. The van der Waals surface area contributed by atoms with Gasteiger partial charge in [-0.3, -0.25) is 10.1 Å². The number of non-ortho nitro benzene ring substituents is 1. The van der Waals surface area contributed by atoms with Crippen molar-refractivity contribution in [2.75, 3.05) is 6.54 Å². The van der Waals surface area contributed by atoms with Gasteiger partial charge in [-0.05, 0) is 36.2 Å². The van der Waals surface area contributed by atoms with Crippen molar-refractivity contribution in [3.63, 3.8) is 0 Å². The Morgan fingerprint density at radius 3 is 2.71 bits per heavy atom. The van der Waals surface area contributed by atoms with Crippen LogP contribution in [0.25, 0.3) is 0 Å². The maximum Gasteiger partial charge on any atom is 0.269 e. The zero-order chi connectivity index (χ0) is 15.2. The van der Waals surface area contributed by atoms with Gasteiger partial charge in [0, 0.05) is 18.2 Å². The molecule has 2 N–H and O–H groups in total. The van der Waals surface area contributed by atoms with Crippen LogP contribution >= 0.6 is 0 Å². The number of hydrogen-bond acceptors (Lipinski definition) is 4. The molecule has 2 aromatic carbocycles. The van der Waals surface area contributed by atoms with E-state index in [1.54, 1.807) is 18.2 Å². The lowest BCUT2D eigenvalue weighted by molar-refractivity contribution is -0.384. The highest BCUT2D eigenvalue weighted by atomic mass is 19.1. The summed E-state index contributed by atoms with van der Waals surface area (Å²) < 4.78 is 18.9. The maximum absolute atomic E-state index is 13.4. The molecular weight excluding hydrogens is 275 g/mol. The van der Waals surface area contributed by atoms with Gasteiger partial charge in [-0.15, -0.1) is 0 Å². The van der Waals surface area contributed by atoms with Crippen LogP contribution in [0, 0.1) is 15.9 Å². The number of nitrogens with two attached hydrogens (primary N) is 1. The molecule has 0 heterocycles. The summed E-state index contributed by atoms with van der Waals surface area (Å²) in [6, 6.07) is 10.5. The van der Waals surface area contributed by atoms with E-state index in [4.69, 9.17) is 10.5 Å². The van der Waals surface area contributed by atoms with Crippen LogP contribution in [-0.2, 0) is 13.0 Å². The molecule has 0 fully saturated rings. The molecule has 0 spiro atoms. The van der Waals surface area contributed by atoms with Gasteiger partial charge in [0.25, 0.3) is 5.69 Å². The highest BCUT2D eigenvalue weighted by molar-refractivity contribution is 5.35. The molecule has 110 valence electrons. The van der Waals surface area contributed by atoms with E-state index in [2.05, 4.69) is 0 Å². The van der Waals surface area contributed by atoms with Crippen LogP contribution in [0.3, 0.4) is 0 Å². The largest absolute Gasteiger partial charge is 0.489 e. The van der Waals surface area contributed by atoms with E-state index >= 15 is 0 Å². The Morgan fingerprint density at radius 2 is 2.00 bits per heavy atom. The van der Waals surface area contributed by atoms with Gasteiger partial charge in [0.2, 0.25) is 0 Å². The normalized spacial score (nSPS) is 10.4. The van der Waals surface area contributed by atoms with Crippen molar-refractivity contribution >= 4 is 5.69 Å². The first-order valence-electron chi connectivity index (χ1n) is 6.44. The molecule has 0 aliphatic heterocycles. The first kappa shape index (κ1) is 14.9. The third kappa shape index (κ3) is 4.25. The predicted molar refractivity (Wildman–Crippen MR) is 76.6 cm³/mol. The molecule has 0 saturated carbocycles. The highest BCUT2D eigenvalue weighted by Crippen LogP contribution is 2.19. The molecule has 0 unspecified atom stereocenters. The summed E-state index contributed by atoms with van der Waals surface area (Å²) in [6.45, 7) is 0.557. The Bertz CT molecular complexity index is 647. The van der Waals surface area contributed by atoms with Crippen LogP contribution in [-0.4, -0.2) is 11.5 Å². The lowest BCUT2D eigenvalue weighted by atomic mass is 10.1. The van der Waals surface area contributed by atoms with Crippen molar-refractivity contribution in [3.05, 3.63) is 69.5 Å². The summed E-state index contributed by atoms with van der Waals surface area (Å²) in [5.41, 5.74) is 6.85.